The van der Waals surface area contributed by atoms with Gasteiger partial charge < -0.3 is 9.88 Å². The molecule has 100 valence electrons. The highest BCUT2D eigenvalue weighted by Crippen LogP contribution is 2.39. The van der Waals surface area contributed by atoms with E-state index in [1.165, 1.54) is 55.6 Å². The third-order valence-corrected chi connectivity index (χ3v) is 4.52. The lowest BCUT2D eigenvalue weighted by molar-refractivity contribution is 0.515. The van der Waals surface area contributed by atoms with Gasteiger partial charge in [-0.05, 0) is 56.8 Å². The monoisotopic (exact) mass is 255 g/mol. The number of imidazole rings is 1. The van der Waals surface area contributed by atoms with Crippen LogP contribution in [0.25, 0.3) is 11.0 Å². The van der Waals surface area contributed by atoms with Gasteiger partial charge in [-0.2, -0.15) is 0 Å². The molecule has 3 heteroatoms. The van der Waals surface area contributed by atoms with E-state index in [2.05, 4.69) is 34.1 Å². The first-order chi connectivity index (χ1) is 9.42. The predicted molar refractivity (Wildman–Crippen MR) is 77.3 cm³/mol. The number of nitrogens with one attached hydrogen (secondary N) is 1. The molecule has 1 unspecified atom stereocenters. The summed E-state index contributed by atoms with van der Waals surface area (Å²) in [6.07, 6.45) is 6.42. The van der Waals surface area contributed by atoms with Crippen LogP contribution in [0.15, 0.2) is 24.3 Å². The average Bonchev–Trinajstić information content (AvgIpc) is 3.02. The van der Waals surface area contributed by atoms with Crippen LogP contribution in [0.2, 0.25) is 0 Å². The molecule has 1 atom stereocenters. The van der Waals surface area contributed by atoms with Crippen molar-refractivity contribution in [2.75, 3.05) is 13.1 Å². The van der Waals surface area contributed by atoms with Crippen molar-refractivity contribution in [1.29, 1.82) is 0 Å². The number of fused-ring (bicyclic) bond motifs is 1. The molecule has 1 aromatic carbocycles. The number of aromatic nitrogens is 2. The number of para-hydroxylation sites is 2. The molecule has 4 rings (SSSR count). The molecule has 2 aromatic rings. The summed E-state index contributed by atoms with van der Waals surface area (Å²) in [5.41, 5.74) is 2.51. The molecule has 19 heavy (non-hydrogen) atoms. The number of rotatable bonds is 4. The lowest BCUT2D eigenvalue weighted by atomic mass is 10.0. The largest absolute Gasteiger partial charge is 0.325 e. The Hall–Kier alpha value is -1.35. The van der Waals surface area contributed by atoms with E-state index in [0.717, 1.165) is 18.4 Å². The molecule has 0 radical (unpaired) electrons. The minimum atomic E-state index is 0.726. The molecule has 1 N–H and O–H groups in total. The molecule has 0 amide bonds. The maximum atomic E-state index is 4.88. The Kier molecular flexibility index (Phi) is 2.80. The van der Waals surface area contributed by atoms with Gasteiger partial charge in [0.15, 0.2) is 0 Å². The second-order valence-corrected chi connectivity index (χ2v) is 6.02. The van der Waals surface area contributed by atoms with Crippen molar-refractivity contribution in [2.45, 2.75) is 38.1 Å². The number of hydrogen-bond acceptors (Lipinski definition) is 2. The van der Waals surface area contributed by atoms with E-state index in [9.17, 15) is 0 Å². The van der Waals surface area contributed by atoms with Crippen LogP contribution in [0.4, 0.5) is 0 Å². The fraction of sp³-hybridized carbons (Fsp3) is 0.562. The number of hydrogen-bond donors (Lipinski definition) is 1. The van der Waals surface area contributed by atoms with Gasteiger partial charge in [0.05, 0.1) is 11.0 Å². The lowest BCUT2D eigenvalue weighted by Crippen LogP contribution is -2.11. The van der Waals surface area contributed by atoms with Crippen molar-refractivity contribution in [3.8, 4) is 0 Å². The van der Waals surface area contributed by atoms with Crippen molar-refractivity contribution in [2.24, 2.45) is 5.92 Å². The molecule has 2 fully saturated rings. The Labute approximate surface area is 114 Å². The topological polar surface area (TPSA) is 29.9 Å². The molecule has 1 aliphatic carbocycles. The van der Waals surface area contributed by atoms with Crippen LogP contribution in [0.1, 0.15) is 37.5 Å². The normalized spacial score (nSPS) is 23.3. The second-order valence-electron chi connectivity index (χ2n) is 6.02. The van der Waals surface area contributed by atoms with Gasteiger partial charge in [-0.1, -0.05) is 12.1 Å². The Morgan fingerprint density at radius 1 is 1.21 bits per heavy atom. The summed E-state index contributed by atoms with van der Waals surface area (Å²) >= 11 is 0. The first kappa shape index (κ1) is 11.5. The van der Waals surface area contributed by atoms with Crippen LogP contribution in [-0.4, -0.2) is 22.6 Å². The van der Waals surface area contributed by atoms with Gasteiger partial charge in [-0.25, -0.2) is 4.98 Å². The zero-order valence-electron chi connectivity index (χ0n) is 11.3. The van der Waals surface area contributed by atoms with Crippen LogP contribution >= 0.6 is 0 Å². The first-order valence-corrected chi connectivity index (χ1v) is 7.58. The molecule has 2 aliphatic rings. The molecule has 3 nitrogen and oxygen atoms in total. The summed E-state index contributed by atoms with van der Waals surface area (Å²) in [5, 5.41) is 3.46. The van der Waals surface area contributed by atoms with E-state index in [1.54, 1.807) is 0 Å². The summed E-state index contributed by atoms with van der Waals surface area (Å²) in [6, 6.07) is 9.32. The Morgan fingerprint density at radius 3 is 2.89 bits per heavy atom. The van der Waals surface area contributed by atoms with Crippen LogP contribution < -0.4 is 5.32 Å². The van der Waals surface area contributed by atoms with Gasteiger partial charge in [0.2, 0.25) is 0 Å². The zero-order valence-corrected chi connectivity index (χ0v) is 11.3. The van der Waals surface area contributed by atoms with Crippen molar-refractivity contribution < 1.29 is 0 Å². The molecule has 1 saturated carbocycles. The highest BCUT2D eigenvalue weighted by molar-refractivity contribution is 5.76. The van der Waals surface area contributed by atoms with Gasteiger partial charge in [0.25, 0.3) is 0 Å². The van der Waals surface area contributed by atoms with E-state index in [1.807, 2.05) is 0 Å². The first-order valence-electron chi connectivity index (χ1n) is 7.58. The van der Waals surface area contributed by atoms with Crippen LogP contribution in [0, 0.1) is 5.92 Å². The molecule has 1 saturated heterocycles. The molecule has 0 spiro atoms. The van der Waals surface area contributed by atoms with Crippen molar-refractivity contribution in [3.63, 3.8) is 0 Å². The fourth-order valence-corrected chi connectivity index (χ4v) is 3.30. The van der Waals surface area contributed by atoms with Gasteiger partial charge >= 0.3 is 0 Å². The summed E-state index contributed by atoms with van der Waals surface area (Å²) in [6.45, 7) is 2.40. The van der Waals surface area contributed by atoms with Gasteiger partial charge in [-0.15, -0.1) is 0 Å². The van der Waals surface area contributed by atoms with Crippen LogP contribution in [-0.2, 0) is 6.42 Å². The van der Waals surface area contributed by atoms with Crippen molar-refractivity contribution in [1.82, 2.24) is 14.9 Å². The average molecular weight is 255 g/mol. The quantitative estimate of drug-likeness (QED) is 0.910. The van der Waals surface area contributed by atoms with Gasteiger partial charge in [0, 0.05) is 12.5 Å². The summed E-state index contributed by atoms with van der Waals surface area (Å²) in [4.78, 5) is 4.88. The maximum absolute atomic E-state index is 4.88. The standard InChI is InChI=1S/C16H21N3/c1-2-4-15-14(3-1)18-16(19(15)13-6-7-13)8-5-12-9-10-17-11-12/h1-4,12-13,17H,5-11H2. The SMILES string of the molecule is c1ccc2c(c1)nc(CCC1CCNC1)n2C1CC1. The smallest absolute Gasteiger partial charge is 0.110 e. The summed E-state index contributed by atoms with van der Waals surface area (Å²) < 4.78 is 2.51. The minimum absolute atomic E-state index is 0.726. The highest BCUT2D eigenvalue weighted by Gasteiger charge is 2.28. The van der Waals surface area contributed by atoms with E-state index < -0.39 is 0 Å². The molecule has 0 bridgehead atoms. The summed E-state index contributed by atoms with van der Waals surface area (Å²) in [7, 11) is 0. The Morgan fingerprint density at radius 2 is 2.11 bits per heavy atom. The van der Waals surface area contributed by atoms with Gasteiger partial charge in [0.1, 0.15) is 5.82 Å². The third kappa shape index (κ3) is 2.16. The zero-order chi connectivity index (χ0) is 12.7. The highest BCUT2D eigenvalue weighted by atomic mass is 15.1. The van der Waals surface area contributed by atoms with E-state index in [0.29, 0.717) is 0 Å². The lowest BCUT2D eigenvalue weighted by Gasteiger charge is -2.10. The van der Waals surface area contributed by atoms with E-state index >= 15 is 0 Å². The predicted octanol–water partition coefficient (Wildman–Crippen LogP) is 2.91. The van der Waals surface area contributed by atoms with Crippen molar-refractivity contribution in [3.05, 3.63) is 30.1 Å². The molecule has 2 heterocycles. The van der Waals surface area contributed by atoms with Crippen LogP contribution in [0.5, 0.6) is 0 Å². The van der Waals surface area contributed by atoms with E-state index in [-0.39, 0.29) is 0 Å². The molecule has 1 aromatic heterocycles. The van der Waals surface area contributed by atoms with Crippen LogP contribution in [0.3, 0.4) is 0 Å². The Bertz CT molecular complexity index is 577. The molecular weight excluding hydrogens is 234 g/mol. The number of benzene rings is 1. The maximum Gasteiger partial charge on any atom is 0.110 e. The van der Waals surface area contributed by atoms with Crippen molar-refractivity contribution >= 4 is 11.0 Å². The third-order valence-electron chi connectivity index (χ3n) is 4.52. The fourth-order valence-electron chi connectivity index (χ4n) is 3.30. The minimum Gasteiger partial charge on any atom is -0.325 e. The number of nitrogens with zero attached hydrogens (tertiary/aromatic N) is 2. The second kappa shape index (κ2) is 4.64. The summed E-state index contributed by atoms with van der Waals surface area (Å²) in [5.74, 6) is 2.17. The number of aryl methyl sites for hydroxylation is 1. The van der Waals surface area contributed by atoms with Gasteiger partial charge in [-0.3, -0.25) is 0 Å². The van der Waals surface area contributed by atoms with E-state index in [4.69, 9.17) is 4.98 Å². The Balaban J connectivity index is 1.62. The molecular formula is C16H21N3. The molecule has 1 aliphatic heterocycles.